The normalized spacial score (nSPS) is 10.7. The lowest BCUT2D eigenvalue weighted by Crippen LogP contribution is -2.34. The fourth-order valence-electron chi connectivity index (χ4n) is 1.74. The zero-order valence-corrected chi connectivity index (χ0v) is 11.1. The first kappa shape index (κ1) is 14.1. The maximum absolute atomic E-state index is 11.7. The third-order valence-electron chi connectivity index (χ3n) is 2.65. The molecule has 2 rings (SSSR count). The van der Waals surface area contributed by atoms with Crippen LogP contribution in [-0.2, 0) is 16.1 Å². The van der Waals surface area contributed by atoms with Crippen molar-refractivity contribution >= 4 is 34.5 Å². The molecule has 0 unspecified atom stereocenters. The smallest absolute Gasteiger partial charge is 0.408 e. The first-order valence-corrected chi connectivity index (χ1v) is 6.19. The number of halogens is 1. The summed E-state index contributed by atoms with van der Waals surface area (Å²) in [7, 11) is 0. The van der Waals surface area contributed by atoms with Gasteiger partial charge in [0.1, 0.15) is 0 Å². The van der Waals surface area contributed by atoms with Crippen molar-refractivity contribution in [1.82, 2.24) is 9.88 Å². The van der Waals surface area contributed by atoms with Crippen LogP contribution < -0.4 is 16.8 Å². The number of benzene rings is 1. The van der Waals surface area contributed by atoms with Gasteiger partial charge >= 0.3 is 5.76 Å². The summed E-state index contributed by atoms with van der Waals surface area (Å²) in [6, 6.07) is 4.80. The van der Waals surface area contributed by atoms with Gasteiger partial charge in [0.25, 0.3) is 0 Å². The second kappa shape index (κ2) is 5.79. The standard InChI is InChI=1S/C12H12ClN3O4/c13-7-1-2-8-9(5-7)20-12(19)16(8)4-3-11(18)15-6-10(14)17/h1-2,5H,3-4,6H2,(H2,14,17)(H,15,18). The average Bonchev–Trinajstić information content (AvgIpc) is 2.68. The largest absolute Gasteiger partial charge is 0.419 e. The quantitative estimate of drug-likeness (QED) is 0.824. The Labute approximate surface area is 118 Å². The molecule has 8 heteroatoms. The highest BCUT2D eigenvalue weighted by molar-refractivity contribution is 6.31. The molecule has 2 amide bonds. The van der Waals surface area contributed by atoms with Crippen molar-refractivity contribution in [2.45, 2.75) is 13.0 Å². The van der Waals surface area contributed by atoms with Crippen molar-refractivity contribution in [3.8, 4) is 0 Å². The van der Waals surface area contributed by atoms with E-state index in [-0.39, 0.29) is 25.4 Å². The maximum Gasteiger partial charge on any atom is 0.419 e. The molecule has 7 nitrogen and oxygen atoms in total. The van der Waals surface area contributed by atoms with Crippen molar-refractivity contribution in [1.29, 1.82) is 0 Å². The molecular formula is C12H12ClN3O4. The number of aryl methyl sites for hydroxylation is 1. The van der Waals surface area contributed by atoms with E-state index in [9.17, 15) is 14.4 Å². The number of oxazole rings is 1. The number of aromatic nitrogens is 1. The molecule has 0 saturated heterocycles. The van der Waals surface area contributed by atoms with Gasteiger partial charge in [-0.1, -0.05) is 11.6 Å². The van der Waals surface area contributed by atoms with E-state index in [0.717, 1.165) is 0 Å². The molecule has 1 aromatic heterocycles. The number of hydrogen-bond donors (Lipinski definition) is 2. The molecule has 0 radical (unpaired) electrons. The number of nitrogens with two attached hydrogens (primary N) is 1. The Kier molecular flexibility index (Phi) is 4.09. The summed E-state index contributed by atoms with van der Waals surface area (Å²) in [5.41, 5.74) is 5.83. The van der Waals surface area contributed by atoms with Gasteiger partial charge in [0, 0.05) is 24.1 Å². The van der Waals surface area contributed by atoms with Gasteiger partial charge in [-0.25, -0.2) is 4.79 Å². The molecule has 0 aliphatic carbocycles. The Morgan fingerprint density at radius 3 is 2.85 bits per heavy atom. The molecule has 2 aromatic rings. The summed E-state index contributed by atoms with van der Waals surface area (Å²) in [6.45, 7) is -0.0897. The fraction of sp³-hybridized carbons (Fsp3) is 0.250. The van der Waals surface area contributed by atoms with Gasteiger partial charge in [0.15, 0.2) is 5.58 Å². The van der Waals surface area contributed by atoms with Crippen LogP contribution in [0.25, 0.3) is 11.1 Å². The number of hydrogen-bond acceptors (Lipinski definition) is 4. The summed E-state index contributed by atoms with van der Waals surface area (Å²) < 4.78 is 6.36. The number of nitrogens with one attached hydrogen (secondary N) is 1. The average molecular weight is 298 g/mol. The number of nitrogens with zero attached hydrogens (tertiary/aromatic N) is 1. The summed E-state index contributed by atoms with van der Waals surface area (Å²) in [5, 5.41) is 2.80. The SMILES string of the molecule is NC(=O)CNC(=O)CCn1c(=O)oc2cc(Cl)ccc21. The van der Waals surface area contributed by atoms with Gasteiger partial charge < -0.3 is 15.5 Å². The van der Waals surface area contributed by atoms with Crippen LogP contribution in [-0.4, -0.2) is 22.9 Å². The van der Waals surface area contributed by atoms with Gasteiger partial charge in [-0.3, -0.25) is 14.2 Å². The zero-order chi connectivity index (χ0) is 14.7. The van der Waals surface area contributed by atoms with Crippen LogP contribution >= 0.6 is 11.6 Å². The highest BCUT2D eigenvalue weighted by Crippen LogP contribution is 2.18. The molecule has 106 valence electrons. The van der Waals surface area contributed by atoms with Crippen molar-refractivity contribution < 1.29 is 14.0 Å². The van der Waals surface area contributed by atoms with Gasteiger partial charge in [-0.05, 0) is 12.1 Å². The number of fused-ring (bicyclic) bond motifs is 1. The van der Waals surface area contributed by atoms with E-state index in [1.807, 2.05) is 0 Å². The van der Waals surface area contributed by atoms with Crippen LogP contribution in [0.1, 0.15) is 6.42 Å². The molecule has 20 heavy (non-hydrogen) atoms. The minimum Gasteiger partial charge on any atom is -0.408 e. The van der Waals surface area contributed by atoms with E-state index >= 15 is 0 Å². The van der Waals surface area contributed by atoms with E-state index in [2.05, 4.69) is 5.32 Å². The molecule has 1 aromatic carbocycles. The Bertz CT molecular complexity index is 719. The predicted octanol–water partition coefficient (Wildman–Crippen LogP) is 0.239. The summed E-state index contributed by atoms with van der Waals surface area (Å²) in [6.07, 6.45) is 0.0322. The van der Waals surface area contributed by atoms with Crippen LogP contribution in [0, 0.1) is 0 Å². The van der Waals surface area contributed by atoms with E-state index < -0.39 is 11.7 Å². The van der Waals surface area contributed by atoms with E-state index in [0.29, 0.717) is 16.1 Å². The molecule has 0 spiro atoms. The lowest BCUT2D eigenvalue weighted by molar-refractivity contribution is -0.124. The van der Waals surface area contributed by atoms with E-state index in [1.165, 1.54) is 10.6 Å². The predicted molar refractivity (Wildman–Crippen MR) is 72.3 cm³/mol. The summed E-state index contributed by atoms with van der Waals surface area (Å²) in [4.78, 5) is 33.7. The number of carbonyl (C=O) groups excluding carboxylic acids is 2. The third-order valence-corrected chi connectivity index (χ3v) is 2.89. The Hall–Kier alpha value is -2.28. The molecule has 0 atom stereocenters. The third kappa shape index (κ3) is 3.18. The molecule has 0 saturated carbocycles. The Balaban J connectivity index is 2.10. The summed E-state index contributed by atoms with van der Waals surface area (Å²) in [5.74, 6) is -1.57. The van der Waals surface area contributed by atoms with Crippen LogP contribution in [0.5, 0.6) is 0 Å². The summed E-state index contributed by atoms with van der Waals surface area (Å²) >= 11 is 5.80. The van der Waals surface area contributed by atoms with Crippen LogP contribution in [0.15, 0.2) is 27.4 Å². The number of rotatable bonds is 5. The van der Waals surface area contributed by atoms with Crippen molar-refractivity contribution in [2.75, 3.05) is 6.54 Å². The van der Waals surface area contributed by atoms with Gasteiger partial charge in [0.05, 0.1) is 12.1 Å². The molecular weight excluding hydrogens is 286 g/mol. The minimum absolute atomic E-state index is 0.0322. The Morgan fingerprint density at radius 1 is 1.40 bits per heavy atom. The number of primary amides is 1. The van der Waals surface area contributed by atoms with Gasteiger partial charge in [-0.15, -0.1) is 0 Å². The number of amides is 2. The maximum atomic E-state index is 11.7. The molecule has 0 aliphatic heterocycles. The van der Waals surface area contributed by atoms with Crippen molar-refractivity contribution in [3.05, 3.63) is 33.8 Å². The zero-order valence-electron chi connectivity index (χ0n) is 10.4. The molecule has 1 heterocycles. The second-order valence-corrected chi connectivity index (χ2v) is 4.56. The Morgan fingerprint density at radius 2 is 2.15 bits per heavy atom. The van der Waals surface area contributed by atoms with Gasteiger partial charge in [0.2, 0.25) is 11.8 Å². The highest BCUT2D eigenvalue weighted by Gasteiger charge is 2.11. The lowest BCUT2D eigenvalue weighted by Gasteiger charge is -2.03. The van der Waals surface area contributed by atoms with Crippen LogP contribution in [0.4, 0.5) is 0 Å². The molecule has 0 bridgehead atoms. The minimum atomic E-state index is -0.626. The molecule has 0 aliphatic rings. The highest BCUT2D eigenvalue weighted by atomic mass is 35.5. The monoisotopic (exact) mass is 297 g/mol. The first-order chi connectivity index (χ1) is 9.47. The molecule has 0 fully saturated rings. The first-order valence-electron chi connectivity index (χ1n) is 5.81. The lowest BCUT2D eigenvalue weighted by atomic mass is 10.3. The van der Waals surface area contributed by atoms with Crippen molar-refractivity contribution in [2.24, 2.45) is 5.73 Å². The van der Waals surface area contributed by atoms with Gasteiger partial charge in [-0.2, -0.15) is 0 Å². The van der Waals surface area contributed by atoms with Crippen LogP contribution in [0.2, 0.25) is 5.02 Å². The van der Waals surface area contributed by atoms with E-state index in [4.69, 9.17) is 21.8 Å². The number of carbonyl (C=O) groups is 2. The second-order valence-electron chi connectivity index (χ2n) is 4.12. The van der Waals surface area contributed by atoms with Crippen molar-refractivity contribution in [3.63, 3.8) is 0 Å². The fourth-order valence-corrected chi connectivity index (χ4v) is 1.90. The van der Waals surface area contributed by atoms with E-state index in [1.54, 1.807) is 12.1 Å². The van der Waals surface area contributed by atoms with Crippen LogP contribution in [0.3, 0.4) is 0 Å². The molecule has 3 N–H and O–H groups in total. The topological polar surface area (TPSA) is 107 Å².